The largest absolute Gasteiger partial charge is 0.307 e. The van der Waals surface area contributed by atoms with Gasteiger partial charge in [-0.15, -0.1) is 0 Å². The topological polar surface area (TPSA) is 55.2 Å². The van der Waals surface area contributed by atoms with Gasteiger partial charge in [-0.25, -0.2) is 0 Å². The average Bonchev–Trinajstić information content (AvgIpc) is 2.28. The minimum absolute atomic E-state index is 0.102. The van der Waals surface area contributed by atoms with Gasteiger partial charge in [0.25, 0.3) is 5.69 Å². The van der Waals surface area contributed by atoms with E-state index in [9.17, 15) is 10.1 Å². The van der Waals surface area contributed by atoms with Crippen LogP contribution in [0.1, 0.15) is 32.4 Å². The Morgan fingerprint density at radius 1 is 1.53 bits per heavy atom. The van der Waals surface area contributed by atoms with E-state index >= 15 is 0 Å². The molecule has 0 spiro atoms. The van der Waals surface area contributed by atoms with Gasteiger partial charge in [-0.05, 0) is 26.3 Å². The zero-order valence-corrected chi connectivity index (χ0v) is 10.4. The summed E-state index contributed by atoms with van der Waals surface area (Å²) in [7, 11) is 0. The van der Waals surface area contributed by atoms with Crippen LogP contribution in [0.5, 0.6) is 0 Å². The molecule has 4 nitrogen and oxygen atoms in total. The summed E-state index contributed by atoms with van der Waals surface area (Å²) in [6, 6.07) is 6.83. The van der Waals surface area contributed by atoms with Crippen molar-refractivity contribution in [3.63, 3.8) is 0 Å². The summed E-state index contributed by atoms with van der Waals surface area (Å²) in [5, 5.41) is 14.0. The Balaban J connectivity index is 2.68. The molecule has 0 aliphatic heterocycles. The number of benzene rings is 1. The first kappa shape index (κ1) is 13.4. The van der Waals surface area contributed by atoms with Crippen molar-refractivity contribution in [3.05, 3.63) is 51.6 Å². The first-order chi connectivity index (χ1) is 8.00. The lowest BCUT2D eigenvalue weighted by Crippen LogP contribution is -2.18. The lowest BCUT2D eigenvalue weighted by Gasteiger charge is -2.12. The second-order valence-corrected chi connectivity index (χ2v) is 4.26. The number of hydrogen-bond acceptors (Lipinski definition) is 3. The predicted molar refractivity (Wildman–Crippen MR) is 68.9 cm³/mol. The molecular formula is C13H18N2O2. The van der Waals surface area contributed by atoms with Crippen molar-refractivity contribution in [2.24, 2.45) is 0 Å². The van der Waals surface area contributed by atoms with E-state index in [0.717, 1.165) is 12.1 Å². The van der Waals surface area contributed by atoms with E-state index in [2.05, 4.69) is 11.4 Å². The summed E-state index contributed by atoms with van der Waals surface area (Å²) in [5.41, 5.74) is 2.32. The van der Waals surface area contributed by atoms with Crippen LogP contribution < -0.4 is 5.32 Å². The molecule has 1 aromatic carbocycles. The maximum Gasteiger partial charge on any atom is 0.269 e. The van der Waals surface area contributed by atoms with Crippen molar-refractivity contribution in [1.29, 1.82) is 0 Å². The molecule has 17 heavy (non-hydrogen) atoms. The van der Waals surface area contributed by atoms with Gasteiger partial charge in [0, 0.05) is 24.7 Å². The predicted octanol–water partition coefficient (Wildman–Crippen LogP) is 3.21. The lowest BCUT2D eigenvalue weighted by atomic mass is 10.1. The van der Waals surface area contributed by atoms with Crippen LogP contribution in [0.4, 0.5) is 5.69 Å². The van der Waals surface area contributed by atoms with E-state index in [4.69, 9.17) is 0 Å². The zero-order chi connectivity index (χ0) is 12.8. The van der Waals surface area contributed by atoms with Crippen molar-refractivity contribution in [2.75, 3.05) is 6.54 Å². The van der Waals surface area contributed by atoms with Gasteiger partial charge < -0.3 is 5.32 Å². The summed E-state index contributed by atoms with van der Waals surface area (Å²) < 4.78 is 0. The van der Waals surface area contributed by atoms with Crippen molar-refractivity contribution in [3.8, 4) is 0 Å². The third-order valence-corrected chi connectivity index (χ3v) is 2.52. The highest BCUT2D eigenvalue weighted by Gasteiger charge is 2.09. The SMILES string of the molecule is CC(C)=CCNC(C)c1cccc([N+](=O)[O-])c1. The molecule has 0 saturated carbocycles. The summed E-state index contributed by atoms with van der Waals surface area (Å²) >= 11 is 0. The van der Waals surface area contributed by atoms with Gasteiger partial charge >= 0.3 is 0 Å². The van der Waals surface area contributed by atoms with Crippen LogP contribution in [0, 0.1) is 10.1 Å². The van der Waals surface area contributed by atoms with Crippen LogP contribution in [0.25, 0.3) is 0 Å². The number of non-ortho nitro benzene ring substituents is 1. The van der Waals surface area contributed by atoms with Crippen molar-refractivity contribution < 1.29 is 4.92 Å². The first-order valence-electron chi connectivity index (χ1n) is 5.62. The second-order valence-electron chi connectivity index (χ2n) is 4.26. The molecule has 0 heterocycles. The number of nitrogens with one attached hydrogen (secondary N) is 1. The van der Waals surface area contributed by atoms with Gasteiger partial charge in [0.2, 0.25) is 0 Å². The summed E-state index contributed by atoms with van der Waals surface area (Å²) in [4.78, 5) is 10.3. The van der Waals surface area contributed by atoms with Gasteiger partial charge in [0.15, 0.2) is 0 Å². The number of rotatable bonds is 5. The minimum Gasteiger partial charge on any atom is -0.307 e. The molecule has 4 heteroatoms. The van der Waals surface area contributed by atoms with Crippen LogP contribution in [-0.2, 0) is 0 Å². The maximum absolute atomic E-state index is 10.7. The number of nitrogens with zero attached hydrogens (tertiary/aromatic N) is 1. The van der Waals surface area contributed by atoms with E-state index in [1.165, 1.54) is 11.6 Å². The molecule has 0 fully saturated rings. The standard InChI is InChI=1S/C13H18N2O2/c1-10(2)7-8-14-11(3)12-5-4-6-13(9-12)15(16)17/h4-7,9,11,14H,8H2,1-3H3. The molecule has 1 N–H and O–H groups in total. The van der Waals surface area contributed by atoms with E-state index in [0.29, 0.717) is 0 Å². The molecule has 0 aliphatic rings. The quantitative estimate of drug-likeness (QED) is 0.483. The highest BCUT2D eigenvalue weighted by atomic mass is 16.6. The molecule has 1 atom stereocenters. The van der Waals surface area contributed by atoms with E-state index in [1.807, 2.05) is 26.8 Å². The Morgan fingerprint density at radius 3 is 2.82 bits per heavy atom. The van der Waals surface area contributed by atoms with Gasteiger partial charge in [-0.2, -0.15) is 0 Å². The fraction of sp³-hybridized carbons (Fsp3) is 0.385. The minimum atomic E-state index is -0.369. The van der Waals surface area contributed by atoms with Crippen molar-refractivity contribution in [1.82, 2.24) is 5.32 Å². The third-order valence-electron chi connectivity index (χ3n) is 2.52. The van der Waals surface area contributed by atoms with E-state index in [1.54, 1.807) is 12.1 Å². The maximum atomic E-state index is 10.7. The zero-order valence-electron chi connectivity index (χ0n) is 10.4. The second kappa shape index (κ2) is 6.15. The van der Waals surface area contributed by atoms with Gasteiger partial charge in [-0.3, -0.25) is 10.1 Å². The number of allylic oxidation sites excluding steroid dienone is 1. The molecule has 0 radical (unpaired) electrons. The monoisotopic (exact) mass is 234 g/mol. The molecule has 1 unspecified atom stereocenters. The highest BCUT2D eigenvalue weighted by molar-refractivity contribution is 5.35. The van der Waals surface area contributed by atoms with Gasteiger partial charge in [-0.1, -0.05) is 23.8 Å². The molecule has 92 valence electrons. The Labute approximate surface area is 101 Å². The van der Waals surface area contributed by atoms with Crippen LogP contribution >= 0.6 is 0 Å². The molecule has 0 saturated heterocycles. The van der Waals surface area contributed by atoms with Crippen molar-refractivity contribution >= 4 is 5.69 Å². The Kier molecular flexibility index (Phi) is 4.84. The van der Waals surface area contributed by atoms with Crippen molar-refractivity contribution in [2.45, 2.75) is 26.8 Å². The number of hydrogen-bond donors (Lipinski definition) is 1. The molecule has 0 aliphatic carbocycles. The third kappa shape index (κ3) is 4.36. The smallest absolute Gasteiger partial charge is 0.269 e. The molecule has 1 aromatic rings. The van der Waals surface area contributed by atoms with Gasteiger partial charge in [0.1, 0.15) is 0 Å². The van der Waals surface area contributed by atoms with Crippen LogP contribution in [0.2, 0.25) is 0 Å². The molecule has 0 aromatic heterocycles. The number of nitro benzene ring substituents is 1. The fourth-order valence-electron chi connectivity index (χ4n) is 1.47. The normalized spacial score (nSPS) is 11.9. The summed E-state index contributed by atoms with van der Waals surface area (Å²) in [6.45, 7) is 6.85. The van der Waals surface area contributed by atoms with Gasteiger partial charge in [0.05, 0.1) is 4.92 Å². The number of nitro groups is 1. The summed E-state index contributed by atoms with van der Waals surface area (Å²) in [5.74, 6) is 0. The average molecular weight is 234 g/mol. The van der Waals surface area contributed by atoms with Crippen LogP contribution in [-0.4, -0.2) is 11.5 Å². The lowest BCUT2D eigenvalue weighted by molar-refractivity contribution is -0.384. The molecular weight excluding hydrogens is 216 g/mol. The van der Waals surface area contributed by atoms with E-state index in [-0.39, 0.29) is 16.7 Å². The Hall–Kier alpha value is -1.68. The fourth-order valence-corrected chi connectivity index (χ4v) is 1.47. The first-order valence-corrected chi connectivity index (χ1v) is 5.62. The molecule has 0 amide bonds. The molecule has 1 rings (SSSR count). The van der Waals surface area contributed by atoms with Crippen LogP contribution in [0.3, 0.4) is 0 Å². The molecule has 0 bridgehead atoms. The van der Waals surface area contributed by atoms with E-state index < -0.39 is 0 Å². The Bertz CT molecular complexity index is 423. The summed E-state index contributed by atoms with van der Waals surface area (Å²) in [6.07, 6.45) is 2.09. The Morgan fingerprint density at radius 2 is 2.24 bits per heavy atom. The highest BCUT2D eigenvalue weighted by Crippen LogP contribution is 2.18. The van der Waals surface area contributed by atoms with Crippen LogP contribution in [0.15, 0.2) is 35.9 Å².